The molecule has 0 aliphatic rings. The first-order valence-corrected chi connectivity index (χ1v) is 9.71. The van der Waals surface area contributed by atoms with E-state index in [-0.39, 0.29) is 5.69 Å². The highest BCUT2D eigenvalue weighted by molar-refractivity contribution is 9.10. The zero-order valence-electron chi connectivity index (χ0n) is 13.2. The Bertz CT molecular complexity index is 903. The lowest BCUT2D eigenvalue weighted by atomic mass is 10.2. The summed E-state index contributed by atoms with van der Waals surface area (Å²) in [6.07, 6.45) is 2.31. The summed E-state index contributed by atoms with van der Waals surface area (Å²) in [6.45, 7) is -0.588. The van der Waals surface area contributed by atoms with Gasteiger partial charge in [0, 0.05) is 4.47 Å². The number of para-hydroxylation sites is 1. The molecule has 0 aromatic heterocycles. The molecular weight excluding hydrogens is 413 g/mol. The second-order valence-corrected chi connectivity index (χ2v) is 7.89. The average molecular weight is 428 g/mol. The Kier molecular flexibility index (Phi) is 6.27. The fourth-order valence-electron chi connectivity index (χ4n) is 1.97. The van der Waals surface area contributed by atoms with Crippen molar-refractivity contribution in [2.75, 3.05) is 17.1 Å². The number of hydrogen-bond acceptors (Lipinski definition) is 4. The number of benzene rings is 2. The molecule has 1 N–H and O–H groups in total. The number of carbonyl (C=O) groups excluding carboxylic acids is 1. The van der Waals surface area contributed by atoms with Crippen molar-refractivity contribution >= 4 is 43.8 Å². The van der Waals surface area contributed by atoms with Crippen molar-refractivity contribution in [3.63, 3.8) is 0 Å². The molecule has 6 nitrogen and oxygen atoms in total. The van der Waals surface area contributed by atoms with E-state index in [2.05, 4.69) is 26.5 Å². The largest absolute Gasteiger partial charge is 0.271 e. The first kappa shape index (κ1) is 19.1. The van der Waals surface area contributed by atoms with Gasteiger partial charge >= 0.3 is 0 Å². The van der Waals surface area contributed by atoms with Gasteiger partial charge in [0.15, 0.2) is 0 Å². The van der Waals surface area contributed by atoms with Crippen LogP contribution in [0.15, 0.2) is 58.1 Å². The standard InChI is InChI=1S/C16H15BrFN3O3S/c1-25(23,24)21(15-8-3-2-7-14(15)18)11-16(22)20-19-10-12-5-4-6-13(17)9-12/h2-10H,11H2,1H3,(H,20,22)/b19-10-. The Hall–Kier alpha value is -2.26. The second kappa shape index (κ2) is 8.21. The van der Waals surface area contributed by atoms with Gasteiger partial charge in [0.25, 0.3) is 5.91 Å². The number of amides is 1. The molecule has 0 heterocycles. The molecule has 0 aliphatic heterocycles. The number of nitrogens with one attached hydrogen (secondary N) is 1. The predicted molar refractivity (Wildman–Crippen MR) is 98.5 cm³/mol. The van der Waals surface area contributed by atoms with E-state index >= 15 is 0 Å². The highest BCUT2D eigenvalue weighted by atomic mass is 79.9. The van der Waals surface area contributed by atoms with Crippen LogP contribution in [0.3, 0.4) is 0 Å². The predicted octanol–water partition coefficient (Wildman–Crippen LogP) is 2.50. The van der Waals surface area contributed by atoms with Crippen molar-refractivity contribution in [1.29, 1.82) is 0 Å². The van der Waals surface area contributed by atoms with Crippen LogP contribution in [0.5, 0.6) is 0 Å². The summed E-state index contributed by atoms with van der Waals surface area (Å²) >= 11 is 3.31. The maximum Gasteiger partial charge on any atom is 0.260 e. The van der Waals surface area contributed by atoms with Gasteiger partial charge in [-0.3, -0.25) is 9.10 Å². The van der Waals surface area contributed by atoms with E-state index in [1.165, 1.54) is 24.4 Å². The molecule has 2 aromatic carbocycles. The third kappa shape index (κ3) is 5.64. The Morgan fingerprint density at radius 1 is 1.28 bits per heavy atom. The summed E-state index contributed by atoms with van der Waals surface area (Å²) in [5.41, 5.74) is 2.77. The van der Waals surface area contributed by atoms with Gasteiger partial charge in [-0.15, -0.1) is 0 Å². The highest BCUT2D eigenvalue weighted by Gasteiger charge is 2.23. The topological polar surface area (TPSA) is 78.8 Å². The number of halogens is 2. The van der Waals surface area contributed by atoms with E-state index in [0.717, 1.165) is 22.4 Å². The van der Waals surface area contributed by atoms with Crippen LogP contribution in [-0.4, -0.2) is 33.3 Å². The van der Waals surface area contributed by atoms with Crippen LogP contribution in [-0.2, 0) is 14.8 Å². The third-order valence-electron chi connectivity index (χ3n) is 3.06. The minimum atomic E-state index is -3.84. The van der Waals surface area contributed by atoms with E-state index in [1.54, 1.807) is 18.2 Å². The molecule has 0 bridgehead atoms. The molecule has 2 rings (SSSR count). The second-order valence-electron chi connectivity index (χ2n) is 5.07. The van der Waals surface area contributed by atoms with Crippen molar-refractivity contribution in [2.45, 2.75) is 0 Å². The Labute approximate surface area is 153 Å². The van der Waals surface area contributed by atoms with Gasteiger partial charge < -0.3 is 0 Å². The normalized spacial score (nSPS) is 11.5. The lowest BCUT2D eigenvalue weighted by molar-refractivity contribution is -0.119. The molecule has 1 amide bonds. The van der Waals surface area contributed by atoms with Gasteiger partial charge in [-0.2, -0.15) is 5.10 Å². The van der Waals surface area contributed by atoms with Crippen LogP contribution >= 0.6 is 15.9 Å². The Morgan fingerprint density at radius 2 is 2.00 bits per heavy atom. The fourth-order valence-corrected chi connectivity index (χ4v) is 3.24. The molecule has 0 radical (unpaired) electrons. The van der Waals surface area contributed by atoms with Crippen LogP contribution < -0.4 is 9.73 Å². The maximum atomic E-state index is 13.9. The van der Waals surface area contributed by atoms with Gasteiger partial charge in [0.2, 0.25) is 10.0 Å². The summed E-state index contributed by atoms with van der Waals surface area (Å²) in [4.78, 5) is 12.0. The number of anilines is 1. The van der Waals surface area contributed by atoms with Crippen molar-refractivity contribution in [3.05, 3.63) is 64.4 Å². The van der Waals surface area contributed by atoms with Gasteiger partial charge in [0.05, 0.1) is 18.2 Å². The number of carbonyl (C=O) groups is 1. The molecular formula is C16H15BrFN3O3S. The van der Waals surface area contributed by atoms with Crippen molar-refractivity contribution < 1.29 is 17.6 Å². The summed E-state index contributed by atoms with van der Waals surface area (Å²) in [6, 6.07) is 12.5. The van der Waals surface area contributed by atoms with Crippen molar-refractivity contribution in [1.82, 2.24) is 5.43 Å². The van der Waals surface area contributed by atoms with Gasteiger partial charge in [0.1, 0.15) is 12.4 Å². The molecule has 0 saturated heterocycles. The van der Waals surface area contributed by atoms with Crippen molar-refractivity contribution in [3.8, 4) is 0 Å². The van der Waals surface area contributed by atoms with E-state index < -0.39 is 28.3 Å². The number of hydrogen-bond donors (Lipinski definition) is 1. The summed E-state index contributed by atoms with van der Waals surface area (Å²) < 4.78 is 39.2. The van der Waals surface area contributed by atoms with Crippen LogP contribution in [0, 0.1) is 5.82 Å². The number of rotatable bonds is 6. The molecule has 0 saturated carbocycles. The smallest absolute Gasteiger partial charge is 0.260 e. The van der Waals surface area contributed by atoms with E-state index in [9.17, 15) is 17.6 Å². The minimum Gasteiger partial charge on any atom is -0.271 e. The molecule has 0 atom stereocenters. The summed E-state index contributed by atoms with van der Waals surface area (Å²) in [5, 5.41) is 3.77. The van der Waals surface area contributed by atoms with Crippen LogP contribution in [0.25, 0.3) is 0 Å². The van der Waals surface area contributed by atoms with Gasteiger partial charge in [-0.1, -0.05) is 40.2 Å². The molecule has 25 heavy (non-hydrogen) atoms. The van der Waals surface area contributed by atoms with E-state index in [4.69, 9.17) is 0 Å². The lowest BCUT2D eigenvalue weighted by Crippen LogP contribution is -2.39. The molecule has 9 heteroatoms. The summed E-state index contributed by atoms with van der Waals surface area (Å²) in [7, 11) is -3.84. The average Bonchev–Trinajstić information content (AvgIpc) is 2.52. The Balaban J connectivity index is 2.09. The molecule has 0 spiro atoms. The van der Waals surface area contributed by atoms with Crippen LogP contribution in [0.1, 0.15) is 5.56 Å². The van der Waals surface area contributed by atoms with Crippen LogP contribution in [0.4, 0.5) is 10.1 Å². The third-order valence-corrected chi connectivity index (χ3v) is 4.68. The minimum absolute atomic E-state index is 0.198. The molecule has 132 valence electrons. The van der Waals surface area contributed by atoms with E-state index in [1.807, 2.05) is 6.07 Å². The number of nitrogens with zero attached hydrogens (tertiary/aromatic N) is 2. The van der Waals surface area contributed by atoms with Gasteiger partial charge in [-0.25, -0.2) is 18.2 Å². The van der Waals surface area contributed by atoms with E-state index in [0.29, 0.717) is 4.31 Å². The molecule has 0 unspecified atom stereocenters. The first-order valence-electron chi connectivity index (χ1n) is 7.07. The molecule has 2 aromatic rings. The maximum absolute atomic E-state index is 13.9. The van der Waals surface area contributed by atoms with Crippen LogP contribution in [0.2, 0.25) is 0 Å². The first-order chi connectivity index (χ1) is 11.8. The Morgan fingerprint density at radius 3 is 2.64 bits per heavy atom. The van der Waals surface area contributed by atoms with Gasteiger partial charge in [-0.05, 0) is 29.8 Å². The zero-order chi connectivity index (χ0) is 18.4. The number of sulfonamides is 1. The van der Waals surface area contributed by atoms with Crippen molar-refractivity contribution in [2.24, 2.45) is 5.10 Å². The summed E-state index contributed by atoms with van der Waals surface area (Å²) in [5.74, 6) is -1.43. The molecule has 0 fully saturated rings. The lowest BCUT2D eigenvalue weighted by Gasteiger charge is -2.21. The zero-order valence-corrected chi connectivity index (χ0v) is 15.6. The highest BCUT2D eigenvalue weighted by Crippen LogP contribution is 2.20. The SMILES string of the molecule is CS(=O)(=O)N(CC(=O)N/N=C\c1cccc(Br)c1)c1ccccc1F. The number of hydrazone groups is 1. The fraction of sp³-hybridized carbons (Fsp3) is 0.125. The quantitative estimate of drug-likeness (QED) is 0.568. The monoisotopic (exact) mass is 427 g/mol. The molecule has 0 aliphatic carbocycles.